The van der Waals surface area contributed by atoms with Gasteiger partial charge in [0.2, 0.25) is 0 Å². The van der Waals surface area contributed by atoms with Crippen LogP contribution in [0.25, 0.3) is 0 Å². The van der Waals surface area contributed by atoms with Gasteiger partial charge in [0, 0.05) is 12.0 Å². The fraction of sp³-hybridized carbons (Fsp3) is 1.00. The molecule has 2 aliphatic rings. The van der Waals surface area contributed by atoms with E-state index in [0.717, 1.165) is 12.5 Å². The van der Waals surface area contributed by atoms with Crippen LogP contribution < -0.4 is 5.32 Å². The zero-order valence-corrected chi connectivity index (χ0v) is 11.1. The Morgan fingerprint density at radius 1 is 1.12 bits per heavy atom. The number of hydrogen-bond donors (Lipinski definition) is 1. The van der Waals surface area contributed by atoms with Gasteiger partial charge in [-0.15, -0.1) is 0 Å². The molecule has 1 aliphatic carbocycles. The summed E-state index contributed by atoms with van der Waals surface area (Å²) in [4.78, 5) is 0. The third kappa shape index (κ3) is 2.28. The van der Waals surface area contributed by atoms with Gasteiger partial charge in [-0.3, -0.25) is 0 Å². The topological polar surface area (TPSA) is 21.3 Å². The zero-order valence-electron chi connectivity index (χ0n) is 11.1. The van der Waals surface area contributed by atoms with Gasteiger partial charge >= 0.3 is 0 Å². The molecule has 2 heteroatoms. The lowest BCUT2D eigenvalue weighted by atomic mass is 9.61. The van der Waals surface area contributed by atoms with Gasteiger partial charge in [-0.05, 0) is 39.2 Å². The number of hydrogen-bond acceptors (Lipinski definition) is 2. The van der Waals surface area contributed by atoms with E-state index in [1.165, 1.54) is 38.6 Å². The van der Waals surface area contributed by atoms with E-state index < -0.39 is 0 Å². The summed E-state index contributed by atoms with van der Waals surface area (Å²) in [6.07, 6.45) is 7.80. The van der Waals surface area contributed by atoms with Crippen molar-refractivity contribution in [2.45, 2.75) is 65.1 Å². The number of piperidine rings is 1. The molecule has 1 aliphatic heterocycles. The van der Waals surface area contributed by atoms with E-state index >= 15 is 0 Å². The Morgan fingerprint density at radius 3 is 2.44 bits per heavy atom. The summed E-state index contributed by atoms with van der Waals surface area (Å²) in [5.74, 6) is 0.769. The molecule has 0 aromatic carbocycles. The smallest absolute Gasteiger partial charge is 0.0761 e. The highest BCUT2D eigenvalue weighted by atomic mass is 16.5. The third-order valence-corrected chi connectivity index (χ3v) is 4.62. The Kier molecular flexibility index (Phi) is 3.91. The van der Waals surface area contributed by atoms with Crippen LogP contribution in [-0.4, -0.2) is 25.3 Å². The van der Waals surface area contributed by atoms with E-state index in [2.05, 4.69) is 26.1 Å². The van der Waals surface area contributed by atoms with Crippen molar-refractivity contribution >= 4 is 0 Å². The van der Waals surface area contributed by atoms with Crippen molar-refractivity contribution in [3.8, 4) is 0 Å². The first-order chi connectivity index (χ1) is 7.65. The van der Waals surface area contributed by atoms with E-state index in [1.807, 2.05) is 0 Å². The minimum absolute atomic E-state index is 0.357. The molecule has 2 atom stereocenters. The standard InChI is InChI=1S/C14H27NO/c1-11(2)16-13-10-15-9-12(3)14(13)7-5-4-6-8-14/h11-13,15H,4-10H2,1-3H3. The molecule has 2 unspecified atom stereocenters. The van der Waals surface area contributed by atoms with Crippen LogP contribution >= 0.6 is 0 Å². The molecular formula is C14H27NO. The van der Waals surface area contributed by atoms with Crippen molar-refractivity contribution < 1.29 is 4.74 Å². The zero-order chi connectivity index (χ0) is 11.6. The van der Waals surface area contributed by atoms with Crippen molar-refractivity contribution in [1.82, 2.24) is 5.32 Å². The van der Waals surface area contributed by atoms with Crippen molar-refractivity contribution in [2.75, 3.05) is 13.1 Å². The van der Waals surface area contributed by atoms with Crippen molar-refractivity contribution in [3.63, 3.8) is 0 Å². The van der Waals surface area contributed by atoms with Crippen molar-refractivity contribution in [3.05, 3.63) is 0 Å². The fourth-order valence-corrected chi connectivity index (χ4v) is 3.69. The number of ether oxygens (including phenoxy) is 1. The summed E-state index contributed by atoms with van der Waals surface area (Å²) in [5.41, 5.74) is 0.480. The van der Waals surface area contributed by atoms with Crippen LogP contribution in [0.1, 0.15) is 52.9 Å². The van der Waals surface area contributed by atoms with Gasteiger partial charge in [-0.25, -0.2) is 0 Å². The summed E-state index contributed by atoms with van der Waals surface area (Å²) in [7, 11) is 0. The Labute approximate surface area is 100 Å². The Hall–Kier alpha value is -0.0800. The summed E-state index contributed by atoms with van der Waals surface area (Å²) < 4.78 is 6.19. The molecule has 0 aromatic rings. The van der Waals surface area contributed by atoms with Gasteiger partial charge in [0.25, 0.3) is 0 Å². The van der Waals surface area contributed by atoms with Gasteiger partial charge in [0.1, 0.15) is 0 Å². The quantitative estimate of drug-likeness (QED) is 0.780. The van der Waals surface area contributed by atoms with Crippen LogP contribution in [-0.2, 0) is 4.74 Å². The Morgan fingerprint density at radius 2 is 1.81 bits per heavy atom. The molecule has 2 nitrogen and oxygen atoms in total. The maximum absolute atomic E-state index is 6.19. The normalized spacial score (nSPS) is 34.5. The predicted octanol–water partition coefficient (Wildman–Crippen LogP) is 2.97. The Bertz CT molecular complexity index is 221. The molecule has 0 bridgehead atoms. The van der Waals surface area contributed by atoms with E-state index in [-0.39, 0.29) is 0 Å². The summed E-state index contributed by atoms with van der Waals surface area (Å²) in [6, 6.07) is 0. The lowest BCUT2D eigenvalue weighted by Gasteiger charge is -2.51. The van der Waals surface area contributed by atoms with Crippen LogP contribution in [0.4, 0.5) is 0 Å². The summed E-state index contributed by atoms with van der Waals surface area (Å²) >= 11 is 0. The van der Waals surface area contributed by atoms with E-state index in [9.17, 15) is 0 Å². The average molecular weight is 225 g/mol. The van der Waals surface area contributed by atoms with Gasteiger partial charge in [-0.2, -0.15) is 0 Å². The fourth-order valence-electron chi connectivity index (χ4n) is 3.69. The van der Waals surface area contributed by atoms with E-state index in [1.54, 1.807) is 0 Å². The molecule has 0 radical (unpaired) electrons. The molecule has 1 saturated heterocycles. The molecule has 2 fully saturated rings. The summed E-state index contributed by atoms with van der Waals surface area (Å²) in [5, 5.41) is 3.54. The third-order valence-electron chi connectivity index (χ3n) is 4.62. The number of rotatable bonds is 2. The van der Waals surface area contributed by atoms with Gasteiger partial charge < -0.3 is 10.1 Å². The van der Waals surface area contributed by atoms with Gasteiger partial charge in [-0.1, -0.05) is 26.2 Å². The highest BCUT2D eigenvalue weighted by Gasteiger charge is 2.46. The molecule has 16 heavy (non-hydrogen) atoms. The van der Waals surface area contributed by atoms with Crippen LogP contribution in [0.2, 0.25) is 0 Å². The van der Waals surface area contributed by atoms with E-state index in [4.69, 9.17) is 4.74 Å². The lowest BCUT2D eigenvalue weighted by molar-refractivity contribution is -0.122. The second kappa shape index (κ2) is 5.05. The molecule has 94 valence electrons. The molecule has 1 saturated carbocycles. The molecule has 2 rings (SSSR count). The second-order valence-corrected chi connectivity index (χ2v) is 6.03. The first-order valence-corrected chi connectivity index (χ1v) is 7.01. The molecule has 1 spiro atoms. The maximum Gasteiger partial charge on any atom is 0.0761 e. The van der Waals surface area contributed by atoms with Crippen LogP contribution in [0.15, 0.2) is 0 Å². The van der Waals surface area contributed by atoms with E-state index in [0.29, 0.717) is 17.6 Å². The van der Waals surface area contributed by atoms with Crippen LogP contribution in [0.5, 0.6) is 0 Å². The first kappa shape index (κ1) is 12.4. The second-order valence-electron chi connectivity index (χ2n) is 6.03. The largest absolute Gasteiger partial charge is 0.374 e. The van der Waals surface area contributed by atoms with Gasteiger partial charge in [0.05, 0.1) is 12.2 Å². The minimum atomic E-state index is 0.357. The monoisotopic (exact) mass is 225 g/mol. The van der Waals surface area contributed by atoms with Crippen LogP contribution in [0, 0.1) is 11.3 Å². The lowest BCUT2D eigenvalue weighted by Crippen LogP contribution is -2.56. The summed E-state index contributed by atoms with van der Waals surface area (Å²) in [6.45, 7) is 8.97. The molecular weight excluding hydrogens is 198 g/mol. The molecule has 1 heterocycles. The SMILES string of the molecule is CC(C)OC1CNCC(C)C12CCCCC2. The molecule has 1 N–H and O–H groups in total. The van der Waals surface area contributed by atoms with Crippen molar-refractivity contribution in [1.29, 1.82) is 0 Å². The first-order valence-electron chi connectivity index (χ1n) is 7.01. The Balaban J connectivity index is 2.12. The number of nitrogens with one attached hydrogen (secondary N) is 1. The maximum atomic E-state index is 6.19. The highest BCUT2D eigenvalue weighted by molar-refractivity contribution is 4.98. The highest BCUT2D eigenvalue weighted by Crippen LogP contribution is 2.47. The van der Waals surface area contributed by atoms with Crippen LogP contribution in [0.3, 0.4) is 0 Å². The molecule has 0 aromatic heterocycles. The minimum Gasteiger partial charge on any atom is -0.374 e. The van der Waals surface area contributed by atoms with Crippen molar-refractivity contribution in [2.24, 2.45) is 11.3 Å². The molecule has 0 amide bonds. The van der Waals surface area contributed by atoms with Gasteiger partial charge in [0.15, 0.2) is 0 Å². The predicted molar refractivity (Wildman–Crippen MR) is 67.6 cm³/mol. The average Bonchev–Trinajstić information content (AvgIpc) is 2.26.